The largest absolute Gasteiger partial charge is 0.368 e. The van der Waals surface area contributed by atoms with Gasteiger partial charge in [0.2, 0.25) is 0 Å². The van der Waals surface area contributed by atoms with Crippen LogP contribution in [0.15, 0.2) is 58.4 Å². The predicted octanol–water partition coefficient (Wildman–Crippen LogP) is 4.35. The first kappa shape index (κ1) is 18.8. The second-order valence-electron chi connectivity index (χ2n) is 7.17. The highest BCUT2D eigenvalue weighted by atomic mass is 32.2. The molecule has 0 bridgehead atoms. The smallest absolute Gasteiger partial charge is 0.286 e. The van der Waals surface area contributed by atoms with Gasteiger partial charge >= 0.3 is 0 Å². The van der Waals surface area contributed by atoms with E-state index < -0.39 is 0 Å². The average Bonchev–Trinajstić information content (AvgIpc) is 3.09. The van der Waals surface area contributed by atoms with E-state index in [1.165, 1.54) is 28.6 Å². The maximum atomic E-state index is 12.4. The van der Waals surface area contributed by atoms with E-state index in [1.807, 2.05) is 6.08 Å². The third kappa shape index (κ3) is 3.99. The second kappa shape index (κ2) is 8.23. The zero-order valence-corrected chi connectivity index (χ0v) is 17.2. The van der Waals surface area contributed by atoms with Gasteiger partial charge in [-0.1, -0.05) is 49.4 Å². The van der Waals surface area contributed by atoms with Crippen molar-refractivity contribution < 1.29 is 4.79 Å². The molecule has 0 aliphatic carbocycles. The molecule has 2 aliphatic heterocycles. The number of thioether (sulfide) groups is 1. The van der Waals surface area contributed by atoms with Gasteiger partial charge in [-0.05, 0) is 53.9 Å². The van der Waals surface area contributed by atoms with E-state index in [-0.39, 0.29) is 5.91 Å². The first-order chi connectivity index (χ1) is 13.6. The number of aliphatic imine (C=N–C) groups is 1. The molecular formula is C23H25N3OS. The first-order valence-electron chi connectivity index (χ1n) is 9.81. The Morgan fingerprint density at radius 1 is 1.00 bits per heavy atom. The van der Waals surface area contributed by atoms with Crippen LogP contribution in [0.25, 0.3) is 6.08 Å². The highest BCUT2D eigenvalue weighted by molar-refractivity contribution is 8.18. The Hall–Kier alpha value is -2.53. The summed E-state index contributed by atoms with van der Waals surface area (Å²) in [6.07, 6.45) is 2.97. The number of carbonyl (C=O) groups excluding carboxylic acids is 1. The predicted molar refractivity (Wildman–Crippen MR) is 119 cm³/mol. The van der Waals surface area contributed by atoms with Crippen LogP contribution >= 0.6 is 11.8 Å². The summed E-state index contributed by atoms with van der Waals surface area (Å²) in [4.78, 5) is 22.1. The van der Waals surface area contributed by atoms with Crippen LogP contribution < -0.4 is 4.90 Å². The van der Waals surface area contributed by atoms with Gasteiger partial charge in [0, 0.05) is 31.9 Å². The Balaban J connectivity index is 1.40. The van der Waals surface area contributed by atoms with E-state index in [0.29, 0.717) is 4.91 Å². The van der Waals surface area contributed by atoms with Crippen LogP contribution in [0, 0.1) is 6.92 Å². The SMILES string of the molecule is CCc1ccc(C=C2SC(N3CCN(c4ccccc4C)CC3)=NC2=O)cc1. The Morgan fingerprint density at radius 3 is 2.36 bits per heavy atom. The molecule has 0 atom stereocenters. The van der Waals surface area contributed by atoms with Crippen LogP contribution in [0.1, 0.15) is 23.6 Å². The molecule has 1 saturated heterocycles. The second-order valence-corrected chi connectivity index (χ2v) is 8.17. The van der Waals surface area contributed by atoms with E-state index in [0.717, 1.165) is 43.3 Å². The minimum Gasteiger partial charge on any atom is -0.368 e. The fourth-order valence-electron chi connectivity index (χ4n) is 3.59. The summed E-state index contributed by atoms with van der Waals surface area (Å²) >= 11 is 1.50. The van der Waals surface area contributed by atoms with Gasteiger partial charge in [-0.3, -0.25) is 4.79 Å². The van der Waals surface area contributed by atoms with Crippen molar-refractivity contribution in [3.63, 3.8) is 0 Å². The van der Waals surface area contributed by atoms with Gasteiger partial charge in [0.1, 0.15) is 0 Å². The topological polar surface area (TPSA) is 35.9 Å². The van der Waals surface area contributed by atoms with Gasteiger partial charge in [0.15, 0.2) is 5.17 Å². The molecule has 0 radical (unpaired) electrons. The first-order valence-corrected chi connectivity index (χ1v) is 10.6. The molecule has 0 spiro atoms. The molecule has 2 aliphatic rings. The number of para-hydroxylation sites is 1. The molecule has 0 saturated carbocycles. The number of amidine groups is 1. The van der Waals surface area contributed by atoms with E-state index in [4.69, 9.17) is 0 Å². The van der Waals surface area contributed by atoms with Gasteiger partial charge in [0.25, 0.3) is 5.91 Å². The molecule has 2 heterocycles. The number of hydrogen-bond acceptors (Lipinski definition) is 4. The van der Waals surface area contributed by atoms with E-state index in [1.54, 1.807) is 0 Å². The summed E-state index contributed by atoms with van der Waals surface area (Å²) in [5, 5.41) is 0.839. The zero-order valence-electron chi connectivity index (χ0n) is 16.4. The molecule has 4 rings (SSSR count). The number of amides is 1. The van der Waals surface area contributed by atoms with Crippen LogP contribution in [-0.2, 0) is 11.2 Å². The number of carbonyl (C=O) groups is 1. The van der Waals surface area contributed by atoms with Gasteiger partial charge in [-0.2, -0.15) is 4.99 Å². The fraction of sp³-hybridized carbons (Fsp3) is 0.304. The van der Waals surface area contributed by atoms with Crippen molar-refractivity contribution in [2.75, 3.05) is 31.1 Å². The number of aryl methyl sites for hydroxylation is 2. The van der Waals surface area contributed by atoms with Gasteiger partial charge < -0.3 is 9.80 Å². The van der Waals surface area contributed by atoms with Crippen molar-refractivity contribution >= 4 is 34.6 Å². The fourth-order valence-corrected chi connectivity index (χ4v) is 4.56. The van der Waals surface area contributed by atoms with Gasteiger partial charge in [-0.25, -0.2) is 0 Å². The van der Waals surface area contributed by atoms with Crippen molar-refractivity contribution in [3.05, 3.63) is 70.1 Å². The summed E-state index contributed by atoms with van der Waals surface area (Å²) in [5.74, 6) is -0.124. The quantitative estimate of drug-likeness (QED) is 0.729. The molecule has 28 heavy (non-hydrogen) atoms. The third-order valence-electron chi connectivity index (χ3n) is 5.30. The molecule has 1 amide bonds. The van der Waals surface area contributed by atoms with Gasteiger partial charge in [0.05, 0.1) is 4.91 Å². The maximum absolute atomic E-state index is 12.4. The number of hydrogen-bond donors (Lipinski definition) is 0. The number of anilines is 1. The van der Waals surface area contributed by atoms with Crippen molar-refractivity contribution in [1.82, 2.24) is 4.90 Å². The van der Waals surface area contributed by atoms with Crippen LogP contribution in [0.4, 0.5) is 5.69 Å². The lowest BCUT2D eigenvalue weighted by molar-refractivity contribution is -0.113. The molecule has 0 N–H and O–H groups in total. The standard InChI is InChI=1S/C23H25N3OS/c1-3-18-8-10-19(11-9-18)16-21-22(27)24-23(28-21)26-14-12-25(13-15-26)20-7-5-4-6-17(20)2/h4-11,16H,3,12-15H2,1-2H3. The molecule has 144 valence electrons. The summed E-state index contributed by atoms with van der Waals surface area (Å²) in [5.41, 5.74) is 4.96. The average molecular weight is 392 g/mol. The highest BCUT2D eigenvalue weighted by Gasteiger charge is 2.28. The molecule has 4 nitrogen and oxygen atoms in total. The molecule has 2 aromatic carbocycles. The lowest BCUT2D eigenvalue weighted by Crippen LogP contribution is -2.48. The lowest BCUT2D eigenvalue weighted by atomic mass is 10.1. The number of rotatable bonds is 3. The molecule has 0 aromatic heterocycles. The number of nitrogens with zero attached hydrogens (tertiary/aromatic N) is 3. The maximum Gasteiger partial charge on any atom is 0.286 e. The Morgan fingerprint density at radius 2 is 1.68 bits per heavy atom. The number of benzene rings is 2. The Kier molecular flexibility index (Phi) is 5.53. The summed E-state index contributed by atoms with van der Waals surface area (Å²) < 4.78 is 0. The summed E-state index contributed by atoms with van der Waals surface area (Å²) in [6.45, 7) is 7.94. The normalized spacial score (nSPS) is 18.7. The lowest BCUT2D eigenvalue weighted by Gasteiger charge is -2.37. The van der Waals surface area contributed by atoms with Crippen LogP contribution in [0.5, 0.6) is 0 Å². The summed E-state index contributed by atoms with van der Waals surface area (Å²) in [6, 6.07) is 16.9. The molecule has 5 heteroatoms. The van der Waals surface area contributed by atoms with E-state index >= 15 is 0 Å². The monoisotopic (exact) mass is 391 g/mol. The van der Waals surface area contributed by atoms with Crippen molar-refractivity contribution in [2.24, 2.45) is 4.99 Å². The third-order valence-corrected chi connectivity index (χ3v) is 6.35. The van der Waals surface area contributed by atoms with Crippen LogP contribution in [0.3, 0.4) is 0 Å². The van der Waals surface area contributed by atoms with Crippen LogP contribution in [0.2, 0.25) is 0 Å². The van der Waals surface area contributed by atoms with Crippen LogP contribution in [-0.4, -0.2) is 42.2 Å². The van der Waals surface area contributed by atoms with Crippen molar-refractivity contribution in [1.29, 1.82) is 0 Å². The van der Waals surface area contributed by atoms with E-state index in [9.17, 15) is 4.79 Å². The van der Waals surface area contributed by atoms with Gasteiger partial charge in [-0.15, -0.1) is 0 Å². The zero-order chi connectivity index (χ0) is 19.5. The summed E-state index contributed by atoms with van der Waals surface area (Å²) in [7, 11) is 0. The van der Waals surface area contributed by atoms with Crippen molar-refractivity contribution in [3.8, 4) is 0 Å². The minimum absolute atomic E-state index is 0.124. The minimum atomic E-state index is -0.124. The number of piperazine rings is 1. The Bertz CT molecular complexity index is 925. The molecule has 2 aromatic rings. The van der Waals surface area contributed by atoms with Crippen molar-refractivity contribution in [2.45, 2.75) is 20.3 Å². The van der Waals surface area contributed by atoms with E-state index in [2.05, 4.69) is 77.2 Å². The highest BCUT2D eigenvalue weighted by Crippen LogP contribution is 2.31. The Labute approximate surface area is 171 Å². The molecule has 1 fully saturated rings. The molecule has 0 unspecified atom stereocenters. The molecular weight excluding hydrogens is 366 g/mol.